The predicted octanol–water partition coefficient (Wildman–Crippen LogP) is 25.4. The molecule has 0 unspecified atom stereocenters. The summed E-state index contributed by atoms with van der Waals surface area (Å²) in [6, 6.07) is 129. The van der Waals surface area contributed by atoms with Gasteiger partial charge < -0.3 is 0 Å². The van der Waals surface area contributed by atoms with Gasteiger partial charge in [-0.25, -0.2) is 29.9 Å². The van der Waals surface area contributed by atoms with E-state index >= 15 is 0 Å². The zero-order chi connectivity index (χ0) is 74.0. The SMILES string of the molecule is c1ccc(-c2cc(-c3ccc(-c4ccc(-c5nc6ccccc6c6ccc7c(nc(-c8ccccc8)n7-c7ccccc7)c56)cc4)cc3)cc(-c3ccc(-c4ccc5c(c4)nc(-c4ccc(-c6cc(-c7ccncc7)nc(-c7ccncc7)c6)cc4)c4c5ccc5c4nc(-c4ccccc4)n5-c4ccccc4)cc3)n2)cc1. The number of fused-ring (bicyclic) bond motifs is 10. The number of hydrogen-bond donors (Lipinski definition) is 0. The summed E-state index contributed by atoms with van der Waals surface area (Å²) in [6.45, 7) is 0. The van der Waals surface area contributed by atoms with Gasteiger partial charge >= 0.3 is 0 Å². The fraction of sp³-hybridized carbons (Fsp3) is 0. The third-order valence-corrected chi connectivity index (χ3v) is 21.6. The predicted molar refractivity (Wildman–Crippen MR) is 458 cm³/mol. The molecule has 0 amide bonds. The Kier molecular flexibility index (Phi) is 16.0. The average molecular weight is 1430 g/mol. The van der Waals surface area contributed by atoms with Crippen molar-refractivity contribution in [2.45, 2.75) is 0 Å². The van der Waals surface area contributed by atoms with Crippen molar-refractivity contribution in [1.29, 1.82) is 0 Å². The highest BCUT2D eigenvalue weighted by molar-refractivity contribution is 6.22. The zero-order valence-corrected chi connectivity index (χ0v) is 60.4. The third-order valence-electron chi connectivity index (χ3n) is 21.6. The minimum Gasteiger partial charge on any atom is -0.292 e. The molecule has 8 heterocycles. The maximum absolute atomic E-state index is 5.74. The molecule has 522 valence electrons. The minimum atomic E-state index is 0.843. The van der Waals surface area contributed by atoms with E-state index < -0.39 is 0 Å². The molecule has 0 fully saturated rings. The molecule has 10 heteroatoms. The summed E-state index contributed by atoms with van der Waals surface area (Å²) < 4.78 is 4.55. The van der Waals surface area contributed by atoms with Gasteiger partial charge in [0.1, 0.15) is 11.6 Å². The van der Waals surface area contributed by atoms with Gasteiger partial charge in [-0.2, -0.15) is 0 Å². The monoisotopic (exact) mass is 1430 g/mol. The molecule has 21 aromatic rings. The number of aromatic nitrogens is 10. The first-order valence-corrected chi connectivity index (χ1v) is 37.6. The first kappa shape index (κ1) is 65.1. The fourth-order valence-corrected chi connectivity index (χ4v) is 16.0. The molecule has 0 saturated heterocycles. The normalized spacial score (nSPS) is 11.6. The molecule has 0 radical (unpaired) electrons. The van der Waals surface area contributed by atoms with Crippen molar-refractivity contribution in [3.05, 3.63) is 389 Å². The van der Waals surface area contributed by atoms with Crippen molar-refractivity contribution in [2.75, 3.05) is 0 Å². The number of hydrogen-bond acceptors (Lipinski definition) is 8. The summed E-state index contributed by atoms with van der Waals surface area (Å²) in [5, 5.41) is 6.32. The maximum Gasteiger partial charge on any atom is 0.145 e. The Labute approximate surface area is 645 Å². The van der Waals surface area contributed by atoms with Crippen molar-refractivity contribution in [3.63, 3.8) is 0 Å². The summed E-state index contributed by atoms with van der Waals surface area (Å²) in [4.78, 5) is 41.5. The molecule has 0 spiro atoms. The Hall–Kier alpha value is -15.3. The van der Waals surface area contributed by atoms with Gasteiger partial charge in [-0.15, -0.1) is 0 Å². The Balaban J connectivity index is 0.628. The standard InChI is InChI=1S/C102H64N10/c1-6-18-70(19-7-1)88-61-79(68-32-30-65(31-33-68)66-36-42-74(43-37-66)97-95-85(83-28-16-17-29-87(83)107-97)48-50-93-99(95)109-101(76-20-8-2-9-21-76)111(93)81-24-12-4-13-25-81)62-89(105-88)71-40-34-67(35-41-71)78-46-47-84-86-49-51-94-100(110-102(77-22-10-3-11-23-77)112(94)82-26-14-5-15-27-82)96(86)98(108-92(84)60-78)75-44-38-69(39-45-75)80-63-90(72-52-56-103-57-53-72)106-91(64-80)73-54-58-104-59-55-73/h1-64H. The van der Waals surface area contributed by atoms with Gasteiger partial charge in [0.05, 0.1) is 67.3 Å². The summed E-state index contributed by atoms with van der Waals surface area (Å²) in [5.74, 6) is 1.74. The minimum absolute atomic E-state index is 0.843. The van der Waals surface area contributed by atoms with Crippen LogP contribution in [0.5, 0.6) is 0 Å². The first-order valence-electron chi connectivity index (χ1n) is 37.6. The van der Waals surface area contributed by atoms with Gasteiger partial charge in [-0.1, -0.05) is 267 Å². The molecular formula is C102H64N10. The van der Waals surface area contributed by atoms with Gasteiger partial charge in [0, 0.05) is 102 Å². The van der Waals surface area contributed by atoms with Gasteiger partial charge in [-0.05, 0) is 152 Å². The lowest BCUT2D eigenvalue weighted by molar-refractivity contribution is 1.10. The molecule has 0 atom stereocenters. The number of nitrogens with zero attached hydrogens (tertiary/aromatic N) is 10. The molecule has 0 saturated carbocycles. The average Bonchev–Trinajstić information content (AvgIpc) is 1.58. The van der Waals surface area contributed by atoms with Crippen molar-refractivity contribution in [1.82, 2.24) is 49.0 Å². The van der Waals surface area contributed by atoms with Crippen molar-refractivity contribution in [2.24, 2.45) is 0 Å². The third kappa shape index (κ3) is 11.7. The van der Waals surface area contributed by atoms with Gasteiger partial charge in [0.15, 0.2) is 0 Å². The second kappa shape index (κ2) is 27.5. The smallest absolute Gasteiger partial charge is 0.145 e. The van der Waals surface area contributed by atoms with E-state index in [9.17, 15) is 0 Å². The molecular weight excluding hydrogens is 1370 g/mol. The van der Waals surface area contributed by atoms with Crippen LogP contribution in [-0.4, -0.2) is 49.0 Å². The quantitative estimate of drug-likeness (QED) is 0.0990. The van der Waals surface area contributed by atoms with Crippen LogP contribution in [0, 0.1) is 0 Å². The molecule has 0 bridgehead atoms. The van der Waals surface area contributed by atoms with E-state index in [1.54, 1.807) is 0 Å². The van der Waals surface area contributed by atoms with Crippen molar-refractivity contribution < 1.29 is 0 Å². The number of rotatable bonds is 14. The Morgan fingerprint density at radius 3 is 0.938 bits per heavy atom. The highest BCUT2D eigenvalue weighted by Gasteiger charge is 2.25. The van der Waals surface area contributed by atoms with Crippen LogP contribution in [0.4, 0.5) is 0 Å². The number of imidazole rings is 2. The molecule has 0 N–H and O–H groups in total. The highest BCUT2D eigenvalue weighted by Crippen LogP contribution is 2.45. The summed E-state index contributed by atoms with van der Waals surface area (Å²) >= 11 is 0. The van der Waals surface area contributed by atoms with Crippen LogP contribution in [0.2, 0.25) is 0 Å². The van der Waals surface area contributed by atoms with E-state index in [1.807, 2.05) is 61.2 Å². The van der Waals surface area contributed by atoms with Crippen LogP contribution in [-0.2, 0) is 0 Å². The lowest BCUT2D eigenvalue weighted by Gasteiger charge is -2.14. The van der Waals surface area contributed by atoms with Crippen LogP contribution in [0.15, 0.2) is 389 Å². The van der Waals surface area contributed by atoms with Crippen molar-refractivity contribution >= 4 is 65.4 Å². The maximum atomic E-state index is 5.74. The zero-order valence-electron chi connectivity index (χ0n) is 60.4. The number of pyridine rings is 6. The second-order valence-corrected chi connectivity index (χ2v) is 28.2. The molecule has 0 aliphatic heterocycles. The van der Waals surface area contributed by atoms with Crippen molar-refractivity contribution in [3.8, 4) is 146 Å². The van der Waals surface area contributed by atoms with E-state index in [2.05, 4.69) is 347 Å². The molecule has 8 aromatic heterocycles. The van der Waals surface area contributed by atoms with Gasteiger partial charge in [-0.3, -0.25) is 19.1 Å². The topological polar surface area (TPSA) is 113 Å². The summed E-state index contributed by atoms with van der Waals surface area (Å²) in [6.07, 6.45) is 7.23. The molecule has 10 nitrogen and oxygen atoms in total. The Bertz CT molecular complexity index is 7090. The van der Waals surface area contributed by atoms with Crippen LogP contribution in [0.1, 0.15) is 0 Å². The molecule has 112 heavy (non-hydrogen) atoms. The lowest BCUT2D eigenvalue weighted by atomic mass is 9.94. The number of benzene rings is 13. The lowest BCUT2D eigenvalue weighted by Crippen LogP contribution is -1.97. The van der Waals surface area contributed by atoms with Gasteiger partial charge in [0.2, 0.25) is 0 Å². The Morgan fingerprint density at radius 1 is 0.188 bits per heavy atom. The summed E-state index contributed by atoms with van der Waals surface area (Å²) in [5.41, 5.74) is 29.5. The van der Waals surface area contributed by atoms with E-state index in [0.29, 0.717) is 0 Å². The highest BCUT2D eigenvalue weighted by atomic mass is 15.1. The largest absolute Gasteiger partial charge is 0.292 e. The van der Waals surface area contributed by atoms with Crippen LogP contribution in [0.3, 0.4) is 0 Å². The molecule has 13 aromatic carbocycles. The van der Waals surface area contributed by atoms with E-state index in [4.69, 9.17) is 29.9 Å². The molecule has 0 aliphatic rings. The summed E-state index contributed by atoms with van der Waals surface area (Å²) in [7, 11) is 0. The van der Waals surface area contributed by atoms with Crippen LogP contribution >= 0.6 is 0 Å². The van der Waals surface area contributed by atoms with Gasteiger partial charge in [0.25, 0.3) is 0 Å². The fourth-order valence-electron chi connectivity index (χ4n) is 16.0. The van der Waals surface area contributed by atoms with Crippen LogP contribution < -0.4 is 0 Å². The number of para-hydroxylation sites is 3. The second-order valence-electron chi connectivity index (χ2n) is 28.2. The Morgan fingerprint density at radius 2 is 0.500 bits per heavy atom. The molecule has 0 aliphatic carbocycles. The van der Waals surface area contributed by atoms with E-state index in [0.717, 1.165) is 212 Å². The van der Waals surface area contributed by atoms with E-state index in [1.165, 1.54) is 0 Å². The van der Waals surface area contributed by atoms with E-state index in [-0.39, 0.29) is 0 Å². The first-order chi connectivity index (χ1) is 55.5. The molecule has 21 rings (SSSR count). The van der Waals surface area contributed by atoms with Crippen LogP contribution in [0.25, 0.3) is 212 Å².